The normalized spacial score (nSPS) is 10.7. The molecule has 0 saturated heterocycles. The first-order chi connectivity index (χ1) is 7.77. The van der Waals surface area contributed by atoms with Crippen molar-refractivity contribution in [2.45, 2.75) is 13.8 Å². The van der Waals surface area contributed by atoms with Gasteiger partial charge in [-0.2, -0.15) is 4.37 Å². The Hall–Kier alpha value is -1.49. The quantitative estimate of drug-likeness (QED) is 0.817. The molecule has 0 atom stereocenters. The van der Waals surface area contributed by atoms with Crippen LogP contribution >= 0.6 is 11.7 Å². The van der Waals surface area contributed by atoms with Crippen molar-refractivity contribution in [3.05, 3.63) is 24.5 Å². The van der Waals surface area contributed by atoms with Crippen molar-refractivity contribution in [3.63, 3.8) is 0 Å². The van der Waals surface area contributed by atoms with E-state index in [2.05, 4.69) is 27.6 Å². The van der Waals surface area contributed by atoms with Crippen LogP contribution < -0.4 is 4.74 Å². The second-order valence-electron chi connectivity index (χ2n) is 3.86. The zero-order valence-corrected chi connectivity index (χ0v) is 10.1. The topological polar surface area (TPSA) is 47.9 Å². The maximum Gasteiger partial charge on any atom is 0.254 e. The van der Waals surface area contributed by atoms with Crippen LogP contribution in [0, 0.1) is 5.92 Å². The Kier molecular flexibility index (Phi) is 3.46. The number of nitrogens with zero attached hydrogens (tertiary/aromatic N) is 3. The zero-order chi connectivity index (χ0) is 11.4. The molecule has 2 rings (SSSR count). The first kappa shape index (κ1) is 11.0. The van der Waals surface area contributed by atoms with Crippen LogP contribution in [0.2, 0.25) is 0 Å². The van der Waals surface area contributed by atoms with Gasteiger partial charge < -0.3 is 4.74 Å². The van der Waals surface area contributed by atoms with E-state index in [-0.39, 0.29) is 0 Å². The van der Waals surface area contributed by atoms with E-state index < -0.39 is 0 Å². The molecule has 2 heterocycles. The maximum absolute atomic E-state index is 5.60. The van der Waals surface area contributed by atoms with Gasteiger partial charge in [0.15, 0.2) is 0 Å². The molecule has 0 aromatic carbocycles. The first-order valence-corrected chi connectivity index (χ1v) is 5.86. The average Bonchev–Trinajstić information content (AvgIpc) is 2.75. The van der Waals surface area contributed by atoms with Crippen LogP contribution in [0.15, 0.2) is 24.5 Å². The van der Waals surface area contributed by atoms with E-state index >= 15 is 0 Å². The predicted octanol–water partition coefficient (Wildman–Crippen LogP) is 2.63. The summed E-state index contributed by atoms with van der Waals surface area (Å²) in [5.41, 5.74) is 1.72. The molecule has 84 valence electrons. The molecule has 0 unspecified atom stereocenters. The summed E-state index contributed by atoms with van der Waals surface area (Å²) >= 11 is 1.16. The molecule has 0 aliphatic rings. The second-order valence-corrected chi connectivity index (χ2v) is 4.39. The Bertz CT molecular complexity index is 442. The summed E-state index contributed by atoms with van der Waals surface area (Å²) in [6, 6.07) is 3.83. The van der Waals surface area contributed by atoms with E-state index in [4.69, 9.17) is 4.74 Å². The second kappa shape index (κ2) is 5.03. The lowest BCUT2D eigenvalue weighted by Gasteiger charge is -2.06. The molecule has 0 aliphatic heterocycles. The smallest absolute Gasteiger partial charge is 0.254 e. The van der Waals surface area contributed by atoms with Crippen molar-refractivity contribution in [2.24, 2.45) is 5.92 Å². The highest BCUT2D eigenvalue weighted by Crippen LogP contribution is 2.27. The Morgan fingerprint density at radius 3 is 2.94 bits per heavy atom. The van der Waals surface area contributed by atoms with E-state index in [1.54, 1.807) is 12.4 Å². The van der Waals surface area contributed by atoms with Gasteiger partial charge in [-0.25, -0.2) is 0 Å². The highest BCUT2D eigenvalue weighted by molar-refractivity contribution is 6.99. The largest absolute Gasteiger partial charge is 0.475 e. The minimum Gasteiger partial charge on any atom is -0.475 e. The number of hydrogen-bond donors (Lipinski definition) is 0. The van der Waals surface area contributed by atoms with Crippen LogP contribution in [-0.4, -0.2) is 20.3 Å². The summed E-state index contributed by atoms with van der Waals surface area (Å²) < 4.78 is 14.0. The molecular formula is C11H13N3OS. The molecule has 2 aromatic heterocycles. The standard InChI is InChI=1S/C11H13N3OS/c1-8(2)7-15-11-10(13-16-14-11)9-4-3-5-12-6-9/h3-6,8H,7H2,1-2H3. The van der Waals surface area contributed by atoms with E-state index in [1.807, 2.05) is 12.1 Å². The van der Waals surface area contributed by atoms with Crippen molar-refractivity contribution in [2.75, 3.05) is 6.61 Å². The summed E-state index contributed by atoms with van der Waals surface area (Å²) in [5, 5.41) is 0. The predicted molar refractivity (Wildman–Crippen MR) is 63.5 cm³/mol. The molecule has 5 heteroatoms. The molecule has 0 radical (unpaired) electrons. The average molecular weight is 235 g/mol. The molecule has 0 saturated carbocycles. The fraction of sp³-hybridized carbons (Fsp3) is 0.364. The van der Waals surface area contributed by atoms with Crippen molar-refractivity contribution >= 4 is 11.7 Å². The van der Waals surface area contributed by atoms with Gasteiger partial charge in [0.1, 0.15) is 5.69 Å². The molecule has 0 fully saturated rings. The lowest BCUT2D eigenvalue weighted by atomic mass is 10.2. The van der Waals surface area contributed by atoms with E-state index in [9.17, 15) is 0 Å². The molecule has 0 spiro atoms. The number of rotatable bonds is 4. The Morgan fingerprint density at radius 1 is 1.38 bits per heavy atom. The molecular weight excluding hydrogens is 222 g/mol. The first-order valence-electron chi connectivity index (χ1n) is 5.13. The molecule has 0 N–H and O–H groups in total. The van der Waals surface area contributed by atoms with Gasteiger partial charge in [0, 0.05) is 18.0 Å². The molecule has 4 nitrogen and oxygen atoms in total. The van der Waals surface area contributed by atoms with Crippen LogP contribution in [0.5, 0.6) is 5.88 Å². The van der Waals surface area contributed by atoms with Gasteiger partial charge >= 0.3 is 0 Å². The van der Waals surface area contributed by atoms with Crippen molar-refractivity contribution in [3.8, 4) is 17.1 Å². The highest BCUT2D eigenvalue weighted by Gasteiger charge is 2.12. The third kappa shape index (κ3) is 2.55. The van der Waals surface area contributed by atoms with Gasteiger partial charge in [0.05, 0.1) is 18.3 Å². The van der Waals surface area contributed by atoms with Gasteiger partial charge in [-0.3, -0.25) is 4.98 Å². The van der Waals surface area contributed by atoms with Crippen LogP contribution in [0.4, 0.5) is 0 Å². The SMILES string of the molecule is CC(C)COc1nsnc1-c1cccnc1. The van der Waals surface area contributed by atoms with Crippen molar-refractivity contribution in [1.82, 2.24) is 13.7 Å². The minimum atomic E-state index is 0.475. The summed E-state index contributed by atoms with van der Waals surface area (Å²) in [6.07, 6.45) is 3.50. The highest BCUT2D eigenvalue weighted by atomic mass is 32.1. The van der Waals surface area contributed by atoms with E-state index in [0.29, 0.717) is 18.4 Å². The summed E-state index contributed by atoms with van der Waals surface area (Å²) in [6.45, 7) is 4.85. The number of ether oxygens (including phenoxy) is 1. The number of hydrogen-bond acceptors (Lipinski definition) is 5. The summed E-state index contributed by atoms with van der Waals surface area (Å²) in [5.74, 6) is 1.08. The van der Waals surface area contributed by atoms with Gasteiger partial charge in [0.2, 0.25) is 0 Å². The molecule has 16 heavy (non-hydrogen) atoms. The fourth-order valence-corrected chi connectivity index (χ4v) is 1.72. The lowest BCUT2D eigenvalue weighted by molar-refractivity contribution is 0.264. The van der Waals surface area contributed by atoms with Gasteiger partial charge in [-0.05, 0) is 18.1 Å². The van der Waals surface area contributed by atoms with Crippen LogP contribution in [0.3, 0.4) is 0 Å². The monoisotopic (exact) mass is 235 g/mol. The van der Waals surface area contributed by atoms with Crippen LogP contribution in [0.1, 0.15) is 13.8 Å². The Morgan fingerprint density at radius 2 is 2.25 bits per heavy atom. The number of pyridine rings is 1. The van der Waals surface area contributed by atoms with Crippen molar-refractivity contribution < 1.29 is 4.74 Å². The van der Waals surface area contributed by atoms with Crippen LogP contribution in [-0.2, 0) is 0 Å². The summed E-state index contributed by atoms with van der Waals surface area (Å²) in [4.78, 5) is 4.06. The minimum absolute atomic E-state index is 0.475. The molecule has 0 bridgehead atoms. The number of aromatic nitrogens is 3. The van der Waals surface area contributed by atoms with Gasteiger partial charge in [-0.1, -0.05) is 13.8 Å². The Balaban J connectivity index is 2.19. The van der Waals surface area contributed by atoms with Crippen LogP contribution in [0.25, 0.3) is 11.3 Å². The third-order valence-corrected chi connectivity index (χ3v) is 2.46. The lowest BCUT2D eigenvalue weighted by Crippen LogP contribution is -2.05. The fourth-order valence-electron chi connectivity index (χ4n) is 1.20. The molecule has 0 amide bonds. The zero-order valence-electron chi connectivity index (χ0n) is 9.25. The maximum atomic E-state index is 5.60. The van der Waals surface area contributed by atoms with E-state index in [0.717, 1.165) is 23.0 Å². The van der Waals surface area contributed by atoms with Gasteiger partial charge in [-0.15, -0.1) is 4.37 Å². The summed E-state index contributed by atoms with van der Waals surface area (Å²) in [7, 11) is 0. The third-order valence-electron chi connectivity index (χ3n) is 1.95. The Labute approximate surface area is 98.6 Å². The van der Waals surface area contributed by atoms with Crippen molar-refractivity contribution in [1.29, 1.82) is 0 Å². The van der Waals surface area contributed by atoms with E-state index in [1.165, 1.54) is 0 Å². The molecule has 2 aromatic rings. The van der Waals surface area contributed by atoms with Gasteiger partial charge in [0.25, 0.3) is 5.88 Å². The molecule has 0 aliphatic carbocycles.